The van der Waals surface area contributed by atoms with E-state index in [1.807, 2.05) is 0 Å². The van der Waals surface area contributed by atoms with Gasteiger partial charge in [0, 0.05) is 13.0 Å². The Bertz CT molecular complexity index is 407. The summed E-state index contributed by atoms with van der Waals surface area (Å²) in [7, 11) is 0. The van der Waals surface area contributed by atoms with E-state index in [-0.39, 0.29) is 24.7 Å². The third-order valence-electron chi connectivity index (χ3n) is 6.71. The van der Waals surface area contributed by atoms with Gasteiger partial charge in [0.1, 0.15) is 0 Å². The fourth-order valence-electron chi connectivity index (χ4n) is 5.99. The summed E-state index contributed by atoms with van der Waals surface area (Å²) in [6.07, 6.45) is 8.87. The summed E-state index contributed by atoms with van der Waals surface area (Å²) in [5, 5.41) is 11.8. The third-order valence-corrected chi connectivity index (χ3v) is 6.71. The second-order valence-corrected chi connectivity index (χ2v) is 8.16. The highest BCUT2D eigenvalue weighted by atomic mass is 16.8. The van der Waals surface area contributed by atoms with Crippen molar-refractivity contribution in [2.45, 2.75) is 57.7 Å². The van der Waals surface area contributed by atoms with E-state index < -0.39 is 5.92 Å². The van der Waals surface area contributed by atoms with Gasteiger partial charge in [-0.15, -0.1) is 0 Å². The minimum absolute atomic E-state index is 0.216. The molecule has 1 saturated heterocycles. The van der Waals surface area contributed by atoms with Crippen LogP contribution < -0.4 is 5.48 Å². The summed E-state index contributed by atoms with van der Waals surface area (Å²) in [5.74, 6) is 2.51. The number of nitrogens with one attached hydrogen (secondary N) is 1. The number of hydrogen-bond donors (Lipinski definition) is 1. The van der Waals surface area contributed by atoms with Gasteiger partial charge in [0.25, 0.3) is 0 Å². The van der Waals surface area contributed by atoms with Gasteiger partial charge in [-0.2, -0.15) is 0 Å². The number of hydrogen-bond acceptors (Lipinski definition) is 3. The molecule has 1 amide bonds. The average Bonchev–Trinajstić information content (AvgIpc) is 2.56. The van der Waals surface area contributed by atoms with Crippen molar-refractivity contribution in [3.8, 4) is 0 Å². The third kappa shape index (κ3) is 3.15. The lowest BCUT2D eigenvalue weighted by molar-refractivity contribution is -0.205. The van der Waals surface area contributed by atoms with Gasteiger partial charge in [-0.1, -0.05) is 0 Å². The average molecular weight is 322 g/mol. The lowest BCUT2D eigenvalue weighted by atomic mass is 9.49. The highest BCUT2D eigenvalue weighted by Crippen LogP contribution is 2.58. The van der Waals surface area contributed by atoms with Gasteiger partial charge in [0.15, 0.2) is 6.29 Å². The van der Waals surface area contributed by atoms with Gasteiger partial charge in [0.05, 0.1) is 12.5 Å². The molecule has 2 atom stereocenters. The maximum absolute atomic E-state index is 12.5. The number of amides is 1. The molecule has 5 aliphatic rings. The van der Waals surface area contributed by atoms with Crippen LogP contribution in [0.5, 0.6) is 0 Å². The van der Waals surface area contributed by atoms with Gasteiger partial charge < -0.3 is 4.74 Å². The second kappa shape index (κ2) is 6.69. The standard InChI is InChI=1S/C18H28NO4/c20-10-15(18(21)19-23-16-3-1-2-4-22-16)17-13-6-11-5-12(8-13)9-14(17)7-11/h11-17H,1-10H2,(H,19,21). The van der Waals surface area contributed by atoms with Crippen LogP contribution in [-0.4, -0.2) is 25.4 Å². The molecule has 23 heavy (non-hydrogen) atoms. The molecule has 5 heteroatoms. The van der Waals surface area contributed by atoms with Crippen molar-refractivity contribution in [1.29, 1.82) is 0 Å². The molecule has 0 aromatic heterocycles. The van der Waals surface area contributed by atoms with Crippen LogP contribution in [0.3, 0.4) is 0 Å². The first-order valence-corrected chi connectivity index (χ1v) is 9.39. The minimum atomic E-state index is -0.436. The van der Waals surface area contributed by atoms with Crippen molar-refractivity contribution in [2.24, 2.45) is 35.5 Å². The molecule has 1 heterocycles. The molecule has 0 aromatic carbocycles. The molecule has 1 radical (unpaired) electrons. The van der Waals surface area contributed by atoms with Crippen LogP contribution in [0, 0.1) is 35.5 Å². The summed E-state index contributed by atoms with van der Waals surface area (Å²) in [6.45, 7) is 0.356. The lowest BCUT2D eigenvalue weighted by Gasteiger charge is -2.55. The number of ether oxygens (including phenoxy) is 1. The Morgan fingerprint density at radius 3 is 2.35 bits per heavy atom. The molecule has 1 aliphatic heterocycles. The Morgan fingerprint density at radius 2 is 1.78 bits per heavy atom. The van der Waals surface area contributed by atoms with E-state index in [9.17, 15) is 9.90 Å². The number of carbonyl (C=O) groups excluding carboxylic acids is 1. The maximum atomic E-state index is 12.5. The smallest absolute Gasteiger partial charge is 0.249 e. The first-order chi connectivity index (χ1) is 11.2. The zero-order valence-electron chi connectivity index (χ0n) is 13.7. The van der Waals surface area contributed by atoms with Crippen LogP contribution >= 0.6 is 0 Å². The fraction of sp³-hybridized carbons (Fsp3) is 0.944. The summed E-state index contributed by atoms with van der Waals surface area (Å²) >= 11 is 0. The van der Waals surface area contributed by atoms with Gasteiger partial charge >= 0.3 is 0 Å². The Labute approximate surface area is 138 Å². The van der Waals surface area contributed by atoms with Crippen molar-refractivity contribution < 1.29 is 19.5 Å². The van der Waals surface area contributed by atoms with Crippen LogP contribution in [0.25, 0.3) is 0 Å². The first kappa shape index (κ1) is 15.9. The van der Waals surface area contributed by atoms with E-state index >= 15 is 0 Å². The van der Waals surface area contributed by atoms with Crippen molar-refractivity contribution >= 4 is 5.91 Å². The molecule has 1 N–H and O–H groups in total. The molecule has 5 nitrogen and oxygen atoms in total. The maximum Gasteiger partial charge on any atom is 0.249 e. The molecule has 2 unspecified atom stereocenters. The molecule has 5 fully saturated rings. The summed E-state index contributed by atoms with van der Waals surface area (Å²) in [6, 6.07) is 0. The van der Waals surface area contributed by atoms with E-state index in [0.29, 0.717) is 18.4 Å². The summed E-state index contributed by atoms with van der Waals surface area (Å²) < 4.78 is 5.47. The monoisotopic (exact) mass is 322 g/mol. The van der Waals surface area contributed by atoms with Crippen LogP contribution in [0.2, 0.25) is 0 Å². The summed E-state index contributed by atoms with van der Waals surface area (Å²) in [5.41, 5.74) is 2.55. The van der Waals surface area contributed by atoms with Crippen molar-refractivity contribution in [3.63, 3.8) is 0 Å². The molecular formula is C18H28NO4. The largest absolute Gasteiger partial charge is 0.350 e. The molecule has 129 valence electrons. The molecule has 4 bridgehead atoms. The predicted octanol–water partition coefficient (Wildman–Crippen LogP) is 2.68. The van der Waals surface area contributed by atoms with Crippen molar-refractivity contribution in [2.75, 3.05) is 13.2 Å². The zero-order chi connectivity index (χ0) is 15.8. The van der Waals surface area contributed by atoms with Crippen LogP contribution in [0.1, 0.15) is 51.4 Å². The molecule has 4 aliphatic carbocycles. The number of rotatable bonds is 5. The Hall–Kier alpha value is -0.650. The quantitative estimate of drug-likeness (QED) is 0.791. The minimum Gasteiger partial charge on any atom is -0.350 e. The zero-order valence-corrected chi connectivity index (χ0v) is 13.7. The van der Waals surface area contributed by atoms with Crippen molar-refractivity contribution in [1.82, 2.24) is 5.48 Å². The summed E-state index contributed by atoms with van der Waals surface area (Å²) in [4.78, 5) is 18.0. The number of hydroxylamine groups is 1. The Kier molecular flexibility index (Phi) is 4.61. The Balaban J connectivity index is 1.36. The molecule has 4 saturated carbocycles. The van der Waals surface area contributed by atoms with E-state index in [1.165, 1.54) is 32.1 Å². The van der Waals surface area contributed by atoms with Gasteiger partial charge in [-0.3, -0.25) is 4.79 Å². The predicted molar refractivity (Wildman–Crippen MR) is 82.4 cm³/mol. The fourth-order valence-corrected chi connectivity index (χ4v) is 5.99. The molecule has 0 aromatic rings. The molecular weight excluding hydrogens is 294 g/mol. The number of carbonyl (C=O) groups is 1. The van der Waals surface area contributed by atoms with Crippen molar-refractivity contribution in [3.05, 3.63) is 0 Å². The lowest BCUT2D eigenvalue weighted by Crippen LogP contribution is -2.52. The van der Waals surface area contributed by atoms with E-state index in [2.05, 4.69) is 5.48 Å². The van der Waals surface area contributed by atoms with E-state index in [4.69, 9.17) is 9.57 Å². The van der Waals surface area contributed by atoms with Gasteiger partial charge in [-0.05, 0) is 74.5 Å². The molecule has 5 rings (SSSR count). The van der Waals surface area contributed by atoms with Crippen LogP contribution in [-0.2, 0) is 19.5 Å². The SMILES string of the molecule is [O]CC(C(=O)NOC1CCCCO1)C1C2CC3CC(C2)CC1C3. The van der Waals surface area contributed by atoms with E-state index in [1.54, 1.807) is 0 Å². The highest BCUT2D eigenvalue weighted by Gasteiger charge is 2.51. The van der Waals surface area contributed by atoms with E-state index in [0.717, 1.165) is 31.1 Å². The Morgan fingerprint density at radius 1 is 1.09 bits per heavy atom. The van der Waals surface area contributed by atoms with Gasteiger partial charge in [0.2, 0.25) is 5.91 Å². The topological polar surface area (TPSA) is 67.5 Å². The van der Waals surface area contributed by atoms with Gasteiger partial charge in [-0.25, -0.2) is 15.4 Å². The van der Waals surface area contributed by atoms with Crippen LogP contribution in [0.4, 0.5) is 0 Å². The van der Waals surface area contributed by atoms with Crippen LogP contribution in [0.15, 0.2) is 0 Å². The highest BCUT2D eigenvalue weighted by molar-refractivity contribution is 5.78. The normalized spacial score (nSPS) is 43.3. The first-order valence-electron chi connectivity index (χ1n) is 9.39. The second-order valence-electron chi connectivity index (χ2n) is 8.16. The molecule has 0 spiro atoms.